The minimum atomic E-state index is -4.47. The monoisotopic (exact) mass is 464 g/mol. The molecule has 0 fully saturated rings. The number of amides is 1. The number of rotatable bonds is 8. The van der Waals surface area contributed by atoms with E-state index in [4.69, 9.17) is 10.5 Å². The van der Waals surface area contributed by atoms with Gasteiger partial charge in [0.05, 0.1) is 24.7 Å². The lowest BCUT2D eigenvalue weighted by atomic mass is 9.97. The van der Waals surface area contributed by atoms with E-state index in [-0.39, 0.29) is 18.4 Å². The molecule has 0 saturated heterocycles. The zero-order valence-electron chi connectivity index (χ0n) is 17.7. The average molecular weight is 465 g/mol. The second-order valence-corrected chi connectivity index (χ2v) is 8.31. The molecular formula is C23H23F3N2O3S. The van der Waals surface area contributed by atoms with Gasteiger partial charge in [0.1, 0.15) is 0 Å². The van der Waals surface area contributed by atoms with Crippen molar-refractivity contribution >= 4 is 23.2 Å². The van der Waals surface area contributed by atoms with Crippen LogP contribution in [0, 0.1) is 6.92 Å². The summed E-state index contributed by atoms with van der Waals surface area (Å²) in [5, 5.41) is 1.97. The lowest BCUT2D eigenvalue weighted by Gasteiger charge is -2.13. The first-order valence-corrected chi connectivity index (χ1v) is 10.8. The van der Waals surface area contributed by atoms with Crippen molar-refractivity contribution in [3.8, 4) is 11.1 Å². The molecule has 2 heterocycles. The summed E-state index contributed by atoms with van der Waals surface area (Å²) < 4.78 is 45.8. The Balaban J connectivity index is 2.12. The van der Waals surface area contributed by atoms with Crippen LogP contribution in [-0.4, -0.2) is 23.6 Å². The highest BCUT2D eigenvalue weighted by Gasteiger charge is 2.31. The zero-order valence-corrected chi connectivity index (χ0v) is 18.5. The normalized spacial score (nSPS) is 11.5. The summed E-state index contributed by atoms with van der Waals surface area (Å²) in [5.74, 6) is -1.10. The van der Waals surface area contributed by atoms with E-state index in [0.29, 0.717) is 35.5 Å². The molecule has 0 aliphatic heterocycles. The van der Waals surface area contributed by atoms with Crippen molar-refractivity contribution in [1.29, 1.82) is 0 Å². The van der Waals surface area contributed by atoms with Crippen LogP contribution in [0.1, 0.15) is 38.6 Å². The van der Waals surface area contributed by atoms with E-state index < -0.39 is 23.6 Å². The van der Waals surface area contributed by atoms with E-state index in [0.717, 1.165) is 17.0 Å². The maximum absolute atomic E-state index is 13.0. The Hall–Kier alpha value is -3.07. The third-order valence-corrected chi connectivity index (χ3v) is 6.27. The Kier molecular flexibility index (Phi) is 7.08. The number of benzene rings is 1. The highest BCUT2D eigenvalue weighted by molar-refractivity contribution is 7.09. The predicted molar refractivity (Wildman–Crippen MR) is 116 cm³/mol. The van der Waals surface area contributed by atoms with Crippen LogP contribution in [0.3, 0.4) is 0 Å². The molecule has 2 aromatic heterocycles. The number of hydrogen-bond donors (Lipinski definition) is 1. The Labute approximate surface area is 187 Å². The van der Waals surface area contributed by atoms with Gasteiger partial charge in [0.2, 0.25) is 0 Å². The second-order valence-electron chi connectivity index (χ2n) is 7.28. The summed E-state index contributed by atoms with van der Waals surface area (Å²) in [5.41, 5.74) is 7.32. The molecule has 2 N–H and O–H groups in total. The van der Waals surface area contributed by atoms with Crippen LogP contribution in [0.15, 0.2) is 41.8 Å². The van der Waals surface area contributed by atoms with Crippen LogP contribution in [0.2, 0.25) is 0 Å². The number of methoxy groups -OCH3 is 1. The molecule has 0 bridgehead atoms. The fourth-order valence-corrected chi connectivity index (χ4v) is 4.50. The van der Waals surface area contributed by atoms with Crippen LogP contribution < -0.4 is 5.73 Å². The van der Waals surface area contributed by atoms with Crippen LogP contribution in [0.25, 0.3) is 11.1 Å². The van der Waals surface area contributed by atoms with Gasteiger partial charge < -0.3 is 15.0 Å². The van der Waals surface area contributed by atoms with Gasteiger partial charge >= 0.3 is 12.1 Å². The number of esters is 1. The van der Waals surface area contributed by atoms with Gasteiger partial charge in [-0.25, -0.2) is 0 Å². The molecule has 3 aromatic rings. The van der Waals surface area contributed by atoms with Crippen molar-refractivity contribution in [2.75, 3.05) is 7.11 Å². The Morgan fingerprint density at radius 1 is 1.12 bits per heavy atom. The average Bonchev–Trinajstić information content (AvgIpc) is 3.35. The SMILES string of the molecule is COC(=O)CCc1c(-c2ccc(C(F)(F)F)cc2)c(C(N)=O)c(C)n1CCc1cccs1. The molecule has 0 aliphatic carbocycles. The van der Waals surface area contributed by atoms with Crippen molar-refractivity contribution in [3.05, 3.63) is 69.2 Å². The van der Waals surface area contributed by atoms with E-state index in [1.165, 1.54) is 19.2 Å². The number of primary amides is 1. The second kappa shape index (κ2) is 9.60. The number of carbonyl (C=O) groups is 2. The highest BCUT2D eigenvalue weighted by Crippen LogP contribution is 2.36. The van der Waals surface area contributed by atoms with Gasteiger partial charge in [0.15, 0.2) is 0 Å². The third-order valence-electron chi connectivity index (χ3n) is 5.33. The minimum Gasteiger partial charge on any atom is -0.469 e. The largest absolute Gasteiger partial charge is 0.469 e. The number of alkyl halides is 3. The van der Waals surface area contributed by atoms with Gasteiger partial charge in [-0.3, -0.25) is 9.59 Å². The highest BCUT2D eigenvalue weighted by atomic mass is 32.1. The molecule has 170 valence electrons. The number of carbonyl (C=O) groups excluding carboxylic acids is 2. The molecule has 0 spiro atoms. The molecule has 0 unspecified atom stereocenters. The van der Waals surface area contributed by atoms with E-state index in [2.05, 4.69) is 0 Å². The molecular weight excluding hydrogens is 441 g/mol. The molecule has 32 heavy (non-hydrogen) atoms. The summed E-state index contributed by atoms with van der Waals surface area (Å²) in [6.07, 6.45) is -3.46. The Bertz CT molecular complexity index is 1100. The van der Waals surface area contributed by atoms with Crippen molar-refractivity contribution in [3.63, 3.8) is 0 Å². The number of nitrogens with two attached hydrogens (primary N) is 1. The van der Waals surface area contributed by atoms with Crippen molar-refractivity contribution in [2.45, 2.75) is 38.9 Å². The number of nitrogens with zero attached hydrogens (tertiary/aromatic N) is 1. The third kappa shape index (κ3) is 5.04. The van der Waals surface area contributed by atoms with E-state index in [1.807, 2.05) is 22.1 Å². The summed E-state index contributed by atoms with van der Waals surface area (Å²) in [6.45, 7) is 2.29. The van der Waals surface area contributed by atoms with Crippen molar-refractivity contribution in [1.82, 2.24) is 4.57 Å². The van der Waals surface area contributed by atoms with Crippen LogP contribution >= 0.6 is 11.3 Å². The van der Waals surface area contributed by atoms with Crippen molar-refractivity contribution < 1.29 is 27.5 Å². The van der Waals surface area contributed by atoms with Gasteiger partial charge in [0, 0.05) is 28.4 Å². The lowest BCUT2D eigenvalue weighted by molar-refractivity contribution is -0.140. The molecule has 1 amide bonds. The summed E-state index contributed by atoms with van der Waals surface area (Å²) in [7, 11) is 1.29. The van der Waals surface area contributed by atoms with Gasteiger partial charge in [0.25, 0.3) is 5.91 Å². The number of aryl methyl sites for hydroxylation is 1. The minimum absolute atomic E-state index is 0.0603. The van der Waals surface area contributed by atoms with Gasteiger partial charge in [-0.1, -0.05) is 18.2 Å². The standard InChI is InChI=1S/C23H23F3N2O3S/c1-14-20(22(27)30)21(15-5-7-16(8-6-15)23(24,25)26)18(9-10-19(29)31-2)28(14)12-11-17-4-3-13-32-17/h3-8,13H,9-12H2,1-2H3,(H2,27,30). The number of ether oxygens (including phenoxy) is 1. The molecule has 1 aromatic carbocycles. The van der Waals surface area contributed by atoms with E-state index in [1.54, 1.807) is 18.3 Å². The molecule has 5 nitrogen and oxygen atoms in total. The first kappa shape index (κ1) is 23.6. The topological polar surface area (TPSA) is 74.3 Å². The first-order chi connectivity index (χ1) is 15.1. The number of hydrogen-bond acceptors (Lipinski definition) is 4. The summed E-state index contributed by atoms with van der Waals surface area (Å²) >= 11 is 1.61. The summed E-state index contributed by atoms with van der Waals surface area (Å²) in [6, 6.07) is 8.56. The maximum Gasteiger partial charge on any atom is 0.416 e. The zero-order chi connectivity index (χ0) is 23.5. The van der Waals surface area contributed by atoms with Crippen LogP contribution in [-0.2, 0) is 35.1 Å². The number of thiophene rings is 1. The lowest BCUT2D eigenvalue weighted by Crippen LogP contribution is -2.14. The van der Waals surface area contributed by atoms with E-state index >= 15 is 0 Å². The fraction of sp³-hybridized carbons (Fsp3) is 0.304. The molecule has 3 rings (SSSR count). The first-order valence-electron chi connectivity index (χ1n) is 9.92. The maximum atomic E-state index is 13.0. The molecule has 0 atom stereocenters. The number of halogens is 3. The van der Waals surface area contributed by atoms with E-state index in [9.17, 15) is 22.8 Å². The predicted octanol–water partition coefficient (Wildman–Crippen LogP) is 4.99. The van der Waals surface area contributed by atoms with Crippen LogP contribution in [0.4, 0.5) is 13.2 Å². The Morgan fingerprint density at radius 3 is 2.34 bits per heavy atom. The molecule has 0 saturated carbocycles. The quantitative estimate of drug-likeness (QED) is 0.477. The molecule has 0 aliphatic rings. The van der Waals surface area contributed by atoms with Crippen molar-refractivity contribution in [2.24, 2.45) is 5.73 Å². The summed E-state index contributed by atoms with van der Waals surface area (Å²) in [4.78, 5) is 25.3. The van der Waals surface area contributed by atoms with Crippen LogP contribution in [0.5, 0.6) is 0 Å². The van der Waals surface area contributed by atoms with Gasteiger partial charge in [-0.2, -0.15) is 13.2 Å². The fourth-order valence-electron chi connectivity index (χ4n) is 3.80. The van der Waals surface area contributed by atoms with Gasteiger partial charge in [-0.15, -0.1) is 11.3 Å². The smallest absolute Gasteiger partial charge is 0.416 e. The van der Waals surface area contributed by atoms with Gasteiger partial charge in [-0.05, 0) is 48.9 Å². The number of aromatic nitrogens is 1. The Morgan fingerprint density at radius 2 is 1.81 bits per heavy atom. The molecule has 0 radical (unpaired) electrons. The molecule has 9 heteroatoms.